The minimum absolute atomic E-state index is 0.000973. The second-order valence-corrected chi connectivity index (χ2v) is 11.8. The molecule has 2 aliphatic rings. The Morgan fingerprint density at radius 3 is 2.60 bits per heavy atom. The third kappa shape index (κ3) is 6.97. The van der Waals surface area contributed by atoms with Crippen molar-refractivity contribution in [3.63, 3.8) is 0 Å². The lowest BCUT2D eigenvalue weighted by molar-refractivity contribution is -0.122. The van der Waals surface area contributed by atoms with Crippen LogP contribution in [0.3, 0.4) is 0 Å². The van der Waals surface area contributed by atoms with Crippen molar-refractivity contribution < 1.29 is 14.3 Å². The Morgan fingerprint density at radius 2 is 1.83 bits per heavy atom. The van der Waals surface area contributed by atoms with Crippen LogP contribution < -0.4 is 15.4 Å². The van der Waals surface area contributed by atoms with Gasteiger partial charge in [0, 0.05) is 32.1 Å². The smallest absolute Gasteiger partial charge is 0.317 e. The molecule has 0 radical (unpaired) electrons. The number of fused-ring (bicyclic) bond motifs is 1. The highest BCUT2D eigenvalue weighted by molar-refractivity contribution is 5.83. The number of rotatable bonds is 12. The minimum atomic E-state index is 0.000973. The lowest BCUT2D eigenvalue weighted by atomic mass is 9.87. The van der Waals surface area contributed by atoms with Gasteiger partial charge in [0.2, 0.25) is 5.91 Å². The first-order valence-corrected chi connectivity index (χ1v) is 15.7. The molecule has 1 fully saturated rings. The second kappa shape index (κ2) is 13.9. The van der Waals surface area contributed by atoms with E-state index < -0.39 is 0 Å². The van der Waals surface area contributed by atoms with Crippen LogP contribution in [0.15, 0.2) is 66.7 Å². The van der Waals surface area contributed by atoms with E-state index in [-0.39, 0.29) is 17.9 Å². The Bertz CT molecular complexity index is 1370. The number of ether oxygens (including phenoxy) is 1. The van der Waals surface area contributed by atoms with E-state index in [4.69, 9.17) is 4.74 Å². The van der Waals surface area contributed by atoms with Gasteiger partial charge < -0.3 is 20.3 Å². The molecule has 1 unspecified atom stereocenters. The number of carbonyl (C=O) groups is 2. The highest BCUT2D eigenvalue weighted by Gasteiger charge is 2.43. The SMILES string of the molecule is CCCCC(CC)CNC(=O)N1CCc2c(-c3cccc(OC)c3)ccc(CNC(=O)[C@H]3C[C@@H]3c3ccccc3)c2C1. The Kier molecular flexibility index (Phi) is 9.83. The van der Waals surface area contributed by atoms with Gasteiger partial charge >= 0.3 is 6.03 Å². The van der Waals surface area contributed by atoms with E-state index in [1.165, 1.54) is 24.0 Å². The van der Waals surface area contributed by atoms with E-state index in [0.717, 1.165) is 60.2 Å². The van der Waals surface area contributed by atoms with Crippen LogP contribution in [0.4, 0.5) is 4.79 Å². The van der Waals surface area contributed by atoms with Gasteiger partial charge in [-0.2, -0.15) is 0 Å². The normalized spacial score (nSPS) is 18.1. The highest BCUT2D eigenvalue weighted by Crippen LogP contribution is 2.47. The number of amides is 3. The van der Waals surface area contributed by atoms with Crippen LogP contribution in [0.1, 0.15) is 74.1 Å². The van der Waals surface area contributed by atoms with Crippen molar-refractivity contribution >= 4 is 11.9 Å². The van der Waals surface area contributed by atoms with Crippen molar-refractivity contribution in [1.29, 1.82) is 0 Å². The molecule has 2 N–H and O–H groups in total. The van der Waals surface area contributed by atoms with Crippen LogP contribution in [0, 0.1) is 11.8 Å². The molecule has 5 rings (SSSR count). The van der Waals surface area contributed by atoms with Gasteiger partial charge in [-0.1, -0.05) is 87.7 Å². The predicted molar refractivity (Wildman–Crippen MR) is 168 cm³/mol. The number of nitrogens with zero attached hydrogens (tertiary/aromatic N) is 1. The quantitative estimate of drug-likeness (QED) is 0.246. The zero-order valence-corrected chi connectivity index (χ0v) is 25.3. The maximum atomic E-state index is 13.3. The molecule has 0 aromatic heterocycles. The average molecular weight is 568 g/mol. The molecule has 1 heterocycles. The molecule has 6 nitrogen and oxygen atoms in total. The Labute approximate surface area is 250 Å². The first-order valence-electron chi connectivity index (χ1n) is 15.7. The van der Waals surface area contributed by atoms with Crippen LogP contribution in [0.25, 0.3) is 11.1 Å². The molecule has 1 aliphatic heterocycles. The van der Waals surface area contributed by atoms with Crippen LogP contribution in [0.5, 0.6) is 5.75 Å². The number of urea groups is 1. The van der Waals surface area contributed by atoms with E-state index >= 15 is 0 Å². The number of hydrogen-bond acceptors (Lipinski definition) is 3. The molecular weight excluding hydrogens is 522 g/mol. The highest BCUT2D eigenvalue weighted by atomic mass is 16.5. The number of carbonyl (C=O) groups excluding carboxylic acids is 2. The maximum Gasteiger partial charge on any atom is 0.317 e. The molecule has 3 aromatic rings. The molecule has 3 aromatic carbocycles. The van der Waals surface area contributed by atoms with Crippen molar-refractivity contribution in [2.75, 3.05) is 20.2 Å². The number of benzene rings is 3. The van der Waals surface area contributed by atoms with Gasteiger partial charge in [-0.25, -0.2) is 4.79 Å². The Hall–Kier alpha value is -3.80. The van der Waals surface area contributed by atoms with Gasteiger partial charge in [0.25, 0.3) is 0 Å². The standard InChI is InChI=1S/C36H45N3O3/c1-4-6-11-25(5-2)22-38-36(41)39-19-18-31-30(27-14-10-15-29(20-27)42-3)17-16-28(34(31)24-39)23-37-35(40)33-21-32(33)26-12-8-7-9-13-26/h7-10,12-17,20,25,32-33H,4-6,11,18-19,21-24H2,1-3H3,(H,37,40)(H,38,41)/t25?,32-,33+/m1/s1. The Morgan fingerprint density at radius 1 is 1.00 bits per heavy atom. The van der Waals surface area contributed by atoms with Crippen molar-refractivity contribution in [3.05, 3.63) is 89.0 Å². The molecule has 6 heteroatoms. The summed E-state index contributed by atoms with van der Waals surface area (Å²) < 4.78 is 5.50. The van der Waals surface area contributed by atoms with E-state index in [9.17, 15) is 9.59 Å². The van der Waals surface area contributed by atoms with E-state index in [1.54, 1.807) is 7.11 Å². The monoisotopic (exact) mass is 567 g/mol. The molecule has 1 saturated carbocycles. The van der Waals surface area contributed by atoms with Gasteiger partial charge in [-0.15, -0.1) is 0 Å². The zero-order chi connectivity index (χ0) is 29.5. The van der Waals surface area contributed by atoms with Gasteiger partial charge in [-0.05, 0) is 76.6 Å². The van der Waals surface area contributed by atoms with Crippen LogP contribution >= 0.6 is 0 Å². The summed E-state index contributed by atoms with van der Waals surface area (Å²) >= 11 is 0. The van der Waals surface area contributed by atoms with Crippen molar-refractivity contribution in [1.82, 2.24) is 15.5 Å². The van der Waals surface area contributed by atoms with Crippen LogP contribution in [-0.4, -0.2) is 37.0 Å². The summed E-state index contributed by atoms with van der Waals surface area (Å²) in [6.07, 6.45) is 6.26. The predicted octanol–water partition coefficient (Wildman–Crippen LogP) is 7.07. The van der Waals surface area contributed by atoms with Gasteiger partial charge in [0.05, 0.1) is 7.11 Å². The molecule has 1 aliphatic carbocycles. The average Bonchev–Trinajstić information content (AvgIpc) is 3.85. The number of nitrogens with one attached hydrogen (secondary N) is 2. The first kappa shape index (κ1) is 29.7. The van der Waals surface area contributed by atoms with Gasteiger partial charge in [0.15, 0.2) is 0 Å². The third-order valence-corrected chi connectivity index (χ3v) is 9.07. The summed E-state index contributed by atoms with van der Waals surface area (Å²) in [6, 6.07) is 22.7. The molecule has 0 spiro atoms. The summed E-state index contributed by atoms with van der Waals surface area (Å²) in [6.45, 7) is 6.79. The largest absolute Gasteiger partial charge is 0.497 e. The van der Waals surface area contributed by atoms with E-state index in [0.29, 0.717) is 31.5 Å². The summed E-state index contributed by atoms with van der Waals surface area (Å²) in [5.74, 6) is 1.77. The topological polar surface area (TPSA) is 70.7 Å². The summed E-state index contributed by atoms with van der Waals surface area (Å²) in [4.78, 5) is 28.4. The number of unbranched alkanes of at least 4 members (excludes halogenated alkanes) is 1. The van der Waals surface area contributed by atoms with Gasteiger partial charge in [0.1, 0.15) is 5.75 Å². The first-order chi connectivity index (χ1) is 20.5. The van der Waals surface area contributed by atoms with Crippen LogP contribution in [0.2, 0.25) is 0 Å². The van der Waals surface area contributed by atoms with Crippen molar-refractivity contribution in [2.45, 2.75) is 71.4 Å². The molecule has 222 valence electrons. The fourth-order valence-corrected chi connectivity index (χ4v) is 6.29. The summed E-state index contributed by atoms with van der Waals surface area (Å²) in [5, 5.41) is 6.44. The molecule has 3 amide bonds. The van der Waals surface area contributed by atoms with E-state index in [1.807, 2.05) is 35.2 Å². The molecule has 3 atom stereocenters. The number of hydrogen-bond donors (Lipinski definition) is 2. The second-order valence-electron chi connectivity index (χ2n) is 11.8. The third-order valence-electron chi connectivity index (χ3n) is 9.07. The van der Waals surface area contributed by atoms with Crippen LogP contribution in [-0.2, 0) is 24.3 Å². The number of methoxy groups -OCH3 is 1. The summed E-state index contributed by atoms with van der Waals surface area (Å²) in [5.41, 5.74) is 6.97. The fourth-order valence-electron chi connectivity index (χ4n) is 6.29. The zero-order valence-electron chi connectivity index (χ0n) is 25.3. The Balaban J connectivity index is 1.33. The molecule has 42 heavy (non-hydrogen) atoms. The maximum absolute atomic E-state index is 13.3. The molecule has 0 bridgehead atoms. The lowest BCUT2D eigenvalue weighted by Gasteiger charge is -2.32. The van der Waals surface area contributed by atoms with Gasteiger partial charge in [-0.3, -0.25) is 4.79 Å². The molecule has 0 saturated heterocycles. The van der Waals surface area contributed by atoms with Crippen molar-refractivity contribution in [3.8, 4) is 16.9 Å². The molecular formula is C36H45N3O3. The minimum Gasteiger partial charge on any atom is -0.497 e. The van der Waals surface area contributed by atoms with Crippen molar-refractivity contribution in [2.24, 2.45) is 11.8 Å². The van der Waals surface area contributed by atoms with E-state index in [2.05, 4.69) is 60.9 Å². The fraction of sp³-hybridized carbons (Fsp3) is 0.444. The summed E-state index contributed by atoms with van der Waals surface area (Å²) in [7, 11) is 1.68. The lowest BCUT2D eigenvalue weighted by Crippen LogP contribution is -2.44.